The zero-order valence-electron chi connectivity index (χ0n) is 20.2. The third-order valence-electron chi connectivity index (χ3n) is 6.52. The molecular formula is C28H36ClFN2. The van der Waals surface area contributed by atoms with Gasteiger partial charge in [-0.15, -0.1) is 11.6 Å². The van der Waals surface area contributed by atoms with Gasteiger partial charge in [-0.25, -0.2) is 4.39 Å². The fourth-order valence-corrected chi connectivity index (χ4v) is 5.02. The van der Waals surface area contributed by atoms with Crippen LogP contribution in [-0.4, -0.2) is 17.1 Å². The third-order valence-corrected chi connectivity index (χ3v) is 6.99. The molecule has 0 heterocycles. The molecular weight excluding hydrogens is 419 g/mol. The second-order valence-electron chi connectivity index (χ2n) is 9.95. The van der Waals surface area contributed by atoms with Gasteiger partial charge >= 0.3 is 0 Å². The van der Waals surface area contributed by atoms with E-state index in [1.54, 1.807) is 0 Å². The van der Waals surface area contributed by atoms with Gasteiger partial charge in [0.25, 0.3) is 0 Å². The maximum Gasteiger partial charge on any atom is 0.144 e. The summed E-state index contributed by atoms with van der Waals surface area (Å²) in [6, 6.07) is 13.0. The first-order valence-corrected chi connectivity index (χ1v) is 11.6. The molecule has 1 aliphatic rings. The minimum atomic E-state index is -1.43. The lowest BCUT2D eigenvalue weighted by atomic mass is 10.0. The van der Waals surface area contributed by atoms with Gasteiger partial charge in [0.05, 0.1) is 4.87 Å². The second kappa shape index (κ2) is 8.94. The fourth-order valence-electron chi connectivity index (χ4n) is 4.57. The van der Waals surface area contributed by atoms with Crippen molar-refractivity contribution in [1.29, 1.82) is 0 Å². The molecule has 2 aromatic rings. The molecule has 0 amide bonds. The predicted octanol–water partition coefficient (Wildman–Crippen LogP) is 7.34. The Hall–Kier alpha value is -2.26. The van der Waals surface area contributed by atoms with Crippen LogP contribution in [0.3, 0.4) is 0 Å². The average Bonchev–Trinajstić information content (AvgIpc) is 3.25. The highest BCUT2D eigenvalue weighted by Gasteiger charge is 2.62. The van der Waals surface area contributed by atoms with Crippen LogP contribution in [0.5, 0.6) is 0 Å². The smallest absolute Gasteiger partial charge is 0.144 e. The topological polar surface area (TPSA) is 24.1 Å². The second-order valence-corrected chi connectivity index (χ2v) is 10.8. The first-order chi connectivity index (χ1) is 14.8. The van der Waals surface area contributed by atoms with Crippen molar-refractivity contribution in [2.45, 2.75) is 64.4 Å². The zero-order chi connectivity index (χ0) is 23.8. The van der Waals surface area contributed by atoms with Crippen LogP contribution in [0.1, 0.15) is 54.5 Å². The molecule has 0 bridgehead atoms. The van der Waals surface area contributed by atoms with Gasteiger partial charge in [0.1, 0.15) is 5.67 Å². The van der Waals surface area contributed by atoms with E-state index in [4.69, 9.17) is 11.6 Å². The van der Waals surface area contributed by atoms with Crippen molar-refractivity contribution in [2.75, 3.05) is 11.9 Å². The van der Waals surface area contributed by atoms with Crippen LogP contribution in [-0.2, 0) is 6.42 Å². The molecule has 3 rings (SSSR count). The summed E-state index contributed by atoms with van der Waals surface area (Å²) in [4.78, 5) is -0.346. The maximum atomic E-state index is 13.9. The van der Waals surface area contributed by atoms with Gasteiger partial charge in [-0.1, -0.05) is 48.6 Å². The van der Waals surface area contributed by atoms with E-state index in [0.717, 1.165) is 17.8 Å². The normalized spacial score (nSPS) is 22.4. The monoisotopic (exact) mass is 454 g/mol. The van der Waals surface area contributed by atoms with E-state index in [-0.39, 0.29) is 16.7 Å². The highest BCUT2D eigenvalue weighted by molar-refractivity contribution is 6.27. The number of aryl methyl sites for hydroxylation is 3. The lowest BCUT2D eigenvalue weighted by Crippen LogP contribution is -2.29. The summed E-state index contributed by atoms with van der Waals surface area (Å²) in [6.45, 7) is 20.2. The molecule has 0 radical (unpaired) electrons. The Morgan fingerprint density at radius 3 is 2.31 bits per heavy atom. The average molecular weight is 455 g/mol. The highest BCUT2D eigenvalue weighted by atomic mass is 35.5. The number of hydrogen-bond acceptors (Lipinski definition) is 2. The van der Waals surface area contributed by atoms with Crippen molar-refractivity contribution >= 4 is 17.3 Å². The van der Waals surface area contributed by atoms with Gasteiger partial charge in [0.15, 0.2) is 0 Å². The van der Waals surface area contributed by atoms with Gasteiger partial charge < -0.3 is 10.6 Å². The van der Waals surface area contributed by atoms with Gasteiger partial charge in [-0.05, 0) is 76.8 Å². The minimum absolute atomic E-state index is 0.159. The van der Waals surface area contributed by atoms with Crippen LogP contribution in [0.25, 0.3) is 0 Å². The Balaban J connectivity index is 1.67. The summed E-state index contributed by atoms with van der Waals surface area (Å²) in [6.07, 6.45) is 0.783. The molecule has 0 saturated heterocycles. The Morgan fingerprint density at radius 2 is 1.72 bits per heavy atom. The number of nitrogens with one attached hydrogen (secondary N) is 2. The van der Waals surface area contributed by atoms with Gasteiger partial charge in [0.2, 0.25) is 0 Å². The lowest BCUT2D eigenvalue weighted by molar-refractivity contribution is 0.255. The van der Waals surface area contributed by atoms with Crippen LogP contribution in [0.4, 0.5) is 10.1 Å². The summed E-state index contributed by atoms with van der Waals surface area (Å²) in [7, 11) is 0. The Kier molecular flexibility index (Phi) is 6.81. The standard InChI is InChI=1S/C28H36ClFN2/c1-17-13-18(2)15-23(14-17)26-25(28(26,8)29)20(4)32-24-10-9-19(3)22(16-24)11-12-31-21(5)27(6,7)30/h9-10,13-16,25-26,31-32H,4-5,11-12H2,1-3,6-8H3. The molecule has 0 spiro atoms. The summed E-state index contributed by atoms with van der Waals surface area (Å²) in [5, 5.41) is 6.61. The van der Waals surface area contributed by atoms with E-state index >= 15 is 0 Å². The molecule has 1 saturated carbocycles. The molecule has 3 atom stereocenters. The number of halogens is 2. The fraction of sp³-hybridized carbons (Fsp3) is 0.429. The molecule has 1 fully saturated rings. The number of alkyl halides is 2. The Morgan fingerprint density at radius 1 is 1.09 bits per heavy atom. The van der Waals surface area contributed by atoms with E-state index in [1.807, 2.05) is 0 Å². The number of rotatable bonds is 9. The Bertz CT molecular complexity index is 1010. The largest absolute Gasteiger partial charge is 0.386 e. The van der Waals surface area contributed by atoms with Gasteiger partial charge in [-0.2, -0.15) is 0 Å². The van der Waals surface area contributed by atoms with Crippen molar-refractivity contribution < 1.29 is 4.39 Å². The molecule has 3 unspecified atom stereocenters. The van der Waals surface area contributed by atoms with Crippen LogP contribution >= 0.6 is 11.6 Å². The van der Waals surface area contributed by atoms with Crippen molar-refractivity contribution in [3.05, 3.63) is 88.8 Å². The number of anilines is 1. The Labute approximate surface area is 198 Å². The summed E-state index contributed by atoms with van der Waals surface area (Å²) in [5.74, 6) is 0.402. The number of benzene rings is 2. The SMILES string of the molecule is C=C(Nc1ccc(C)c(CCNC(=C)C(C)(C)F)c1)C1C(c2cc(C)cc(C)c2)C1(C)Cl. The molecule has 2 nitrogen and oxygen atoms in total. The van der Waals surface area contributed by atoms with Crippen LogP contribution in [0.15, 0.2) is 61.0 Å². The molecule has 2 aromatic carbocycles. The van der Waals surface area contributed by atoms with E-state index in [1.165, 1.54) is 41.7 Å². The summed E-state index contributed by atoms with van der Waals surface area (Å²) >= 11 is 6.92. The molecule has 4 heteroatoms. The zero-order valence-corrected chi connectivity index (χ0v) is 21.0. The van der Waals surface area contributed by atoms with E-state index in [9.17, 15) is 4.39 Å². The maximum absolute atomic E-state index is 13.9. The third kappa shape index (κ3) is 5.38. The van der Waals surface area contributed by atoms with Crippen molar-refractivity contribution in [2.24, 2.45) is 5.92 Å². The molecule has 2 N–H and O–H groups in total. The molecule has 0 aromatic heterocycles. The highest BCUT2D eigenvalue weighted by Crippen LogP contribution is 2.64. The van der Waals surface area contributed by atoms with Crippen molar-refractivity contribution in [3.63, 3.8) is 0 Å². The van der Waals surface area contributed by atoms with E-state index in [2.05, 4.69) is 87.9 Å². The quantitative estimate of drug-likeness (QED) is 0.387. The minimum Gasteiger partial charge on any atom is -0.386 e. The molecule has 0 aliphatic heterocycles. The van der Waals surface area contributed by atoms with Crippen molar-refractivity contribution in [1.82, 2.24) is 5.32 Å². The van der Waals surface area contributed by atoms with Gasteiger partial charge in [0, 0.05) is 35.5 Å². The van der Waals surface area contributed by atoms with Crippen molar-refractivity contribution in [3.8, 4) is 0 Å². The first kappa shape index (κ1) is 24.4. The van der Waals surface area contributed by atoms with Gasteiger partial charge in [-0.3, -0.25) is 0 Å². The number of hydrogen-bond donors (Lipinski definition) is 2. The van der Waals surface area contributed by atoms with E-state index in [0.29, 0.717) is 12.2 Å². The van der Waals surface area contributed by atoms with Crippen LogP contribution in [0.2, 0.25) is 0 Å². The molecule has 172 valence electrons. The molecule has 32 heavy (non-hydrogen) atoms. The number of allylic oxidation sites excluding steroid dienone is 2. The first-order valence-electron chi connectivity index (χ1n) is 11.3. The summed E-state index contributed by atoms with van der Waals surface area (Å²) < 4.78 is 13.9. The lowest BCUT2D eigenvalue weighted by Gasteiger charge is -2.20. The van der Waals surface area contributed by atoms with Crippen LogP contribution in [0, 0.1) is 26.7 Å². The van der Waals surface area contributed by atoms with Crippen LogP contribution < -0.4 is 10.6 Å². The predicted molar refractivity (Wildman–Crippen MR) is 136 cm³/mol. The van der Waals surface area contributed by atoms with E-state index < -0.39 is 5.67 Å². The summed E-state index contributed by atoms with van der Waals surface area (Å²) in [5.41, 5.74) is 7.11. The molecule has 1 aliphatic carbocycles.